The van der Waals surface area contributed by atoms with Crippen LogP contribution in [0.15, 0.2) is 41.4 Å². The van der Waals surface area contributed by atoms with Gasteiger partial charge in [0, 0.05) is 30.6 Å². The van der Waals surface area contributed by atoms with Gasteiger partial charge in [0.25, 0.3) is 5.91 Å². The first kappa shape index (κ1) is 16.1. The van der Waals surface area contributed by atoms with Gasteiger partial charge in [-0.25, -0.2) is 13.4 Å². The van der Waals surface area contributed by atoms with Crippen LogP contribution < -0.4 is 5.32 Å². The molecule has 0 spiro atoms. The molecular formula is C16H16N4O3S. The number of rotatable bonds is 3. The second kappa shape index (κ2) is 5.72. The van der Waals surface area contributed by atoms with Gasteiger partial charge in [-0.1, -0.05) is 6.07 Å². The van der Waals surface area contributed by atoms with Crippen molar-refractivity contribution in [2.24, 2.45) is 7.05 Å². The molecule has 0 bridgehead atoms. The quantitative estimate of drug-likeness (QED) is 0.783. The fourth-order valence-corrected chi connectivity index (χ4v) is 3.11. The van der Waals surface area contributed by atoms with Crippen molar-refractivity contribution in [1.29, 1.82) is 0 Å². The Hall–Kier alpha value is -2.74. The van der Waals surface area contributed by atoms with Crippen molar-refractivity contribution in [2.75, 3.05) is 11.6 Å². The van der Waals surface area contributed by atoms with E-state index in [0.717, 1.165) is 17.3 Å². The number of hydrogen-bond acceptors (Lipinski definition) is 5. The summed E-state index contributed by atoms with van der Waals surface area (Å²) >= 11 is 0. The van der Waals surface area contributed by atoms with Crippen molar-refractivity contribution >= 4 is 32.5 Å². The molecule has 0 radical (unpaired) electrons. The maximum Gasteiger partial charge on any atom is 0.257 e. The van der Waals surface area contributed by atoms with E-state index in [4.69, 9.17) is 0 Å². The third kappa shape index (κ3) is 3.00. The lowest BCUT2D eigenvalue weighted by Gasteiger charge is -2.07. The van der Waals surface area contributed by atoms with Crippen LogP contribution in [0.1, 0.15) is 16.1 Å². The Kier molecular flexibility index (Phi) is 3.84. The van der Waals surface area contributed by atoms with Gasteiger partial charge in [0.2, 0.25) is 0 Å². The van der Waals surface area contributed by atoms with E-state index in [1.165, 1.54) is 18.3 Å². The molecule has 124 valence electrons. The first-order chi connectivity index (χ1) is 11.3. The predicted octanol–water partition coefficient (Wildman–Crippen LogP) is 1.93. The summed E-state index contributed by atoms with van der Waals surface area (Å²) in [5.74, 6) is -0.363. The second-order valence-corrected chi connectivity index (χ2v) is 7.57. The van der Waals surface area contributed by atoms with Crippen LogP contribution in [0.5, 0.6) is 0 Å². The highest BCUT2D eigenvalue weighted by atomic mass is 32.2. The number of nitrogens with one attached hydrogen (secondary N) is 1. The molecule has 8 heteroatoms. The summed E-state index contributed by atoms with van der Waals surface area (Å²) in [6, 6.07) is 7.85. The highest BCUT2D eigenvalue weighted by molar-refractivity contribution is 7.90. The van der Waals surface area contributed by atoms with Crippen molar-refractivity contribution in [1.82, 2.24) is 14.8 Å². The normalized spacial score (nSPS) is 11.6. The average molecular weight is 344 g/mol. The summed E-state index contributed by atoms with van der Waals surface area (Å²) in [4.78, 5) is 16.8. The van der Waals surface area contributed by atoms with E-state index < -0.39 is 9.84 Å². The number of amides is 1. The molecule has 1 N–H and O–H groups in total. The molecule has 2 aromatic heterocycles. The maximum absolute atomic E-state index is 12.4. The summed E-state index contributed by atoms with van der Waals surface area (Å²) in [6.45, 7) is 1.85. The number of nitrogens with zero attached hydrogens (tertiary/aromatic N) is 3. The minimum absolute atomic E-state index is 0.150. The molecule has 0 aliphatic heterocycles. The Labute approximate surface area is 139 Å². The zero-order valence-corrected chi connectivity index (χ0v) is 14.3. The summed E-state index contributed by atoms with van der Waals surface area (Å²) in [5.41, 5.74) is 2.27. The van der Waals surface area contributed by atoms with Gasteiger partial charge < -0.3 is 5.32 Å². The standard InChI is InChI=1S/C16H16N4O3S/c1-10-14-7-11(9-17-15(14)20(2)19-10)16(21)18-12-5-4-6-13(8-12)24(3,22)23/h4-9H,1-3H3,(H,18,21). The van der Waals surface area contributed by atoms with Crippen LogP contribution in [0.4, 0.5) is 5.69 Å². The zero-order chi connectivity index (χ0) is 17.5. The smallest absolute Gasteiger partial charge is 0.257 e. The third-order valence-electron chi connectivity index (χ3n) is 3.65. The molecule has 1 amide bonds. The van der Waals surface area contributed by atoms with Crippen LogP contribution in [0.25, 0.3) is 11.0 Å². The number of sulfone groups is 1. The molecule has 0 atom stereocenters. The second-order valence-electron chi connectivity index (χ2n) is 5.56. The fraction of sp³-hybridized carbons (Fsp3) is 0.188. The van der Waals surface area contributed by atoms with Crippen molar-refractivity contribution in [3.8, 4) is 0 Å². The van der Waals surface area contributed by atoms with Gasteiger partial charge in [-0.2, -0.15) is 5.10 Å². The molecule has 1 aromatic carbocycles. The monoisotopic (exact) mass is 344 g/mol. The molecule has 0 unspecified atom stereocenters. The maximum atomic E-state index is 12.4. The fourth-order valence-electron chi connectivity index (χ4n) is 2.44. The molecular weight excluding hydrogens is 328 g/mol. The van der Waals surface area contributed by atoms with E-state index in [2.05, 4.69) is 15.4 Å². The summed E-state index contributed by atoms with van der Waals surface area (Å²) < 4.78 is 24.8. The van der Waals surface area contributed by atoms with Crippen LogP contribution in [0, 0.1) is 6.92 Å². The number of fused-ring (bicyclic) bond motifs is 1. The number of aryl methyl sites for hydroxylation is 2. The SMILES string of the molecule is Cc1nn(C)c2ncc(C(=O)Nc3cccc(S(C)(=O)=O)c3)cc12. The first-order valence-corrected chi connectivity index (χ1v) is 9.05. The first-order valence-electron chi connectivity index (χ1n) is 7.16. The Morgan fingerprint density at radius 2 is 2.00 bits per heavy atom. The molecule has 3 rings (SSSR count). The Morgan fingerprint density at radius 3 is 2.71 bits per heavy atom. The molecule has 3 aromatic rings. The molecule has 0 aliphatic carbocycles. The number of pyridine rings is 1. The van der Waals surface area contributed by atoms with E-state index in [1.807, 2.05) is 6.92 Å². The lowest BCUT2D eigenvalue weighted by molar-refractivity contribution is 0.102. The van der Waals surface area contributed by atoms with Crippen LogP contribution in [-0.2, 0) is 16.9 Å². The Balaban J connectivity index is 1.92. The molecule has 24 heavy (non-hydrogen) atoms. The highest BCUT2D eigenvalue weighted by Gasteiger charge is 2.13. The van der Waals surface area contributed by atoms with Crippen molar-refractivity contribution in [3.05, 3.63) is 47.8 Å². The van der Waals surface area contributed by atoms with E-state index in [0.29, 0.717) is 16.9 Å². The van der Waals surface area contributed by atoms with Gasteiger partial charge >= 0.3 is 0 Å². The van der Waals surface area contributed by atoms with Gasteiger partial charge in [-0.3, -0.25) is 9.48 Å². The van der Waals surface area contributed by atoms with Crippen LogP contribution in [0.3, 0.4) is 0 Å². The Morgan fingerprint density at radius 1 is 1.25 bits per heavy atom. The molecule has 0 saturated heterocycles. The van der Waals surface area contributed by atoms with Crippen LogP contribution in [0.2, 0.25) is 0 Å². The van der Waals surface area contributed by atoms with E-state index in [9.17, 15) is 13.2 Å². The van der Waals surface area contributed by atoms with Gasteiger partial charge in [-0.15, -0.1) is 0 Å². The van der Waals surface area contributed by atoms with Gasteiger partial charge in [0.1, 0.15) is 0 Å². The number of benzene rings is 1. The molecule has 2 heterocycles. The Bertz CT molecular complexity index is 1050. The third-order valence-corrected chi connectivity index (χ3v) is 4.76. The van der Waals surface area contributed by atoms with Crippen molar-refractivity contribution < 1.29 is 13.2 Å². The predicted molar refractivity (Wildman–Crippen MR) is 90.8 cm³/mol. The molecule has 0 saturated carbocycles. The van der Waals surface area contributed by atoms with E-state index >= 15 is 0 Å². The lowest BCUT2D eigenvalue weighted by Crippen LogP contribution is -2.12. The molecule has 0 aliphatic rings. The zero-order valence-electron chi connectivity index (χ0n) is 13.4. The number of hydrogen-bond donors (Lipinski definition) is 1. The molecule has 7 nitrogen and oxygen atoms in total. The van der Waals surface area contributed by atoms with Crippen molar-refractivity contribution in [2.45, 2.75) is 11.8 Å². The minimum Gasteiger partial charge on any atom is -0.322 e. The summed E-state index contributed by atoms with van der Waals surface area (Å²) in [5, 5.41) is 7.76. The van der Waals surface area contributed by atoms with Crippen molar-refractivity contribution in [3.63, 3.8) is 0 Å². The number of anilines is 1. The molecule has 0 fully saturated rings. The van der Waals surface area contributed by atoms with Crippen LogP contribution in [-0.4, -0.2) is 35.3 Å². The number of carbonyl (C=O) groups excluding carboxylic acids is 1. The van der Waals surface area contributed by atoms with E-state index in [1.54, 1.807) is 29.9 Å². The lowest BCUT2D eigenvalue weighted by atomic mass is 10.2. The van der Waals surface area contributed by atoms with Gasteiger partial charge in [0.05, 0.1) is 16.2 Å². The average Bonchev–Trinajstić information content (AvgIpc) is 2.81. The minimum atomic E-state index is -3.33. The summed E-state index contributed by atoms with van der Waals surface area (Å²) in [7, 11) is -1.54. The van der Waals surface area contributed by atoms with E-state index in [-0.39, 0.29) is 10.8 Å². The number of aromatic nitrogens is 3. The van der Waals surface area contributed by atoms with Gasteiger partial charge in [0.15, 0.2) is 15.5 Å². The number of carbonyl (C=O) groups is 1. The largest absolute Gasteiger partial charge is 0.322 e. The highest BCUT2D eigenvalue weighted by Crippen LogP contribution is 2.19. The summed E-state index contributed by atoms with van der Waals surface area (Å²) in [6.07, 6.45) is 2.59. The van der Waals surface area contributed by atoms with Gasteiger partial charge in [-0.05, 0) is 31.2 Å². The van der Waals surface area contributed by atoms with Crippen LogP contribution >= 0.6 is 0 Å². The topological polar surface area (TPSA) is 93.9 Å².